The van der Waals surface area contributed by atoms with Crippen molar-refractivity contribution >= 4 is 21.7 Å². The highest BCUT2D eigenvalue weighted by Crippen LogP contribution is 2.37. The minimum absolute atomic E-state index is 0.0995. The number of fused-ring (bicyclic) bond motifs is 2. The summed E-state index contributed by atoms with van der Waals surface area (Å²) < 4.78 is 17.8. The third-order valence-electron chi connectivity index (χ3n) is 3.51. The summed E-state index contributed by atoms with van der Waals surface area (Å²) in [5.41, 5.74) is 0.633. The number of Topliss-reactive ketones (excluding diaryl/α,β-unsaturated/α-hetero) is 1. The highest BCUT2D eigenvalue weighted by atomic mass is 79.9. The zero-order chi connectivity index (χ0) is 13.4. The molecule has 0 spiro atoms. The summed E-state index contributed by atoms with van der Waals surface area (Å²) in [6.07, 6.45) is 0.183. The van der Waals surface area contributed by atoms with Crippen molar-refractivity contribution in [1.82, 2.24) is 0 Å². The van der Waals surface area contributed by atoms with Gasteiger partial charge in [-0.05, 0) is 25.1 Å². The highest BCUT2D eigenvalue weighted by molar-refractivity contribution is 9.10. The Kier molecular flexibility index (Phi) is 3.60. The Morgan fingerprint density at radius 3 is 3.11 bits per heavy atom. The van der Waals surface area contributed by atoms with E-state index in [9.17, 15) is 4.79 Å². The molecule has 0 bridgehead atoms. The van der Waals surface area contributed by atoms with E-state index < -0.39 is 0 Å². The predicted molar refractivity (Wildman–Crippen MR) is 72.4 cm³/mol. The molecule has 3 rings (SSSR count). The van der Waals surface area contributed by atoms with Gasteiger partial charge in [0.25, 0.3) is 0 Å². The van der Waals surface area contributed by atoms with Gasteiger partial charge in [0, 0.05) is 17.5 Å². The Bertz CT molecular complexity index is 502. The number of carbonyl (C=O) groups excluding carboxylic acids is 1. The van der Waals surface area contributed by atoms with E-state index in [0.717, 1.165) is 4.47 Å². The number of benzene rings is 1. The molecule has 0 unspecified atom stereocenters. The van der Waals surface area contributed by atoms with E-state index in [1.54, 1.807) is 0 Å². The second-order valence-electron chi connectivity index (χ2n) is 4.72. The Labute approximate surface area is 120 Å². The van der Waals surface area contributed by atoms with Gasteiger partial charge in [0.15, 0.2) is 12.1 Å². The lowest BCUT2D eigenvalue weighted by molar-refractivity contribution is -0.191. The van der Waals surface area contributed by atoms with Crippen LogP contribution in [0.2, 0.25) is 0 Å². The van der Waals surface area contributed by atoms with Gasteiger partial charge in [-0.2, -0.15) is 0 Å². The average Bonchev–Trinajstić information content (AvgIpc) is 2.40. The predicted octanol–water partition coefficient (Wildman–Crippen LogP) is 2.79. The first kappa shape index (κ1) is 13.1. The minimum Gasteiger partial charge on any atom is -0.489 e. The van der Waals surface area contributed by atoms with E-state index in [0.29, 0.717) is 30.9 Å². The van der Waals surface area contributed by atoms with Crippen LogP contribution in [-0.4, -0.2) is 31.4 Å². The summed E-state index contributed by atoms with van der Waals surface area (Å²) in [6, 6.07) is 5.52. The molecule has 0 aliphatic carbocycles. The summed E-state index contributed by atoms with van der Waals surface area (Å²) in [6.45, 7) is 2.88. The third-order valence-corrected chi connectivity index (χ3v) is 4.00. The summed E-state index contributed by atoms with van der Waals surface area (Å²) in [5.74, 6) is 0.535. The number of hydrogen-bond donors (Lipinski definition) is 0. The molecule has 0 amide bonds. The molecule has 102 valence electrons. The largest absolute Gasteiger partial charge is 0.489 e. The van der Waals surface area contributed by atoms with Crippen LogP contribution in [0.5, 0.6) is 5.75 Å². The molecule has 5 heteroatoms. The minimum atomic E-state index is -0.268. The SMILES string of the molecule is CCO[C@H]1C[C@H]2Oc3ccc(Br)cc3C(=O)[C@H]2CO1. The first-order valence-corrected chi connectivity index (χ1v) is 7.22. The lowest BCUT2D eigenvalue weighted by Gasteiger charge is -2.38. The van der Waals surface area contributed by atoms with Gasteiger partial charge in [-0.1, -0.05) is 15.9 Å². The molecule has 4 nitrogen and oxygen atoms in total. The molecule has 1 saturated heterocycles. The van der Waals surface area contributed by atoms with Crippen LogP contribution in [0.4, 0.5) is 0 Å². The molecule has 0 aromatic heterocycles. The standard InChI is InChI=1S/C14H15BrO4/c1-2-17-13-6-12-10(7-18-13)14(16)9-5-8(15)3-4-11(9)19-12/h3-5,10,12-13H,2,6-7H2,1H3/t10-,12+,13+/m0/s1. The van der Waals surface area contributed by atoms with Gasteiger partial charge in [0.2, 0.25) is 0 Å². The van der Waals surface area contributed by atoms with E-state index in [1.165, 1.54) is 0 Å². The fourth-order valence-corrected chi connectivity index (χ4v) is 2.94. The van der Waals surface area contributed by atoms with Crippen LogP contribution < -0.4 is 4.74 Å². The van der Waals surface area contributed by atoms with Crippen LogP contribution in [0.1, 0.15) is 23.7 Å². The van der Waals surface area contributed by atoms with Crippen molar-refractivity contribution in [3.63, 3.8) is 0 Å². The van der Waals surface area contributed by atoms with Crippen molar-refractivity contribution in [2.45, 2.75) is 25.7 Å². The number of carbonyl (C=O) groups is 1. The van der Waals surface area contributed by atoms with Gasteiger partial charge in [0.1, 0.15) is 11.9 Å². The topological polar surface area (TPSA) is 44.8 Å². The van der Waals surface area contributed by atoms with Crippen LogP contribution in [0.3, 0.4) is 0 Å². The molecule has 19 heavy (non-hydrogen) atoms. The van der Waals surface area contributed by atoms with Crippen LogP contribution in [0.15, 0.2) is 22.7 Å². The van der Waals surface area contributed by atoms with Gasteiger partial charge in [-0.3, -0.25) is 4.79 Å². The van der Waals surface area contributed by atoms with Gasteiger partial charge in [0.05, 0.1) is 18.1 Å². The number of hydrogen-bond acceptors (Lipinski definition) is 4. The van der Waals surface area contributed by atoms with Crippen molar-refractivity contribution in [1.29, 1.82) is 0 Å². The van der Waals surface area contributed by atoms with Crippen LogP contribution in [0, 0.1) is 5.92 Å². The molecule has 1 aromatic rings. The van der Waals surface area contributed by atoms with Gasteiger partial charge < -0.3 is 14.2 Å². The molecule has 0 N–H and O–H groups in total. The lowest BCUT2D eigenvalue weighted by atomic mass is 9.87. The highest BCUT2D eigenvalue weighted by Gasteiger charge is 2.42. The molecular formula is C14H15BrO4. The van der Waals surface area contributed by atoms with E-state index in [-0.39, 0.29) is 24.1 Å². The maximum atomic E-state index is 12.4. The summed E-state index contributed by atoms with van der Waals surface area (Å²) in [7, 11) is 0. The van der Waals surface area contributed by atoms with E-state index >= 15 is 0 Å². The summed E-state index contributed by atoms with van der Waals surface area (Å²) >= 11 is 3.38. The van der Waals surface area contributed by atoms with Crippen LogP contribution >= 0.6 is 15.9 Å². The summed E-state index contributed by atoms with van der Waals surface area (Å²) in [4.78, 5) is 12.4. The maximum absolute atomic E-state index is 12.4. The normalized spacial score (nSPS) is 29.4. The third kappa shape index (κ3) is 2.42. The fraction of sp³-hybridized carbons (Fsp3) is 0.500. The Balaban J connectivity index is 1.85. The van der Waals surface area contributed by atoms with Gasteiger partial charge in [-0.15, -0.1) is 0 Å². The number of rotatable bonds is 2. The molecule has 2 heterocycles. The lowest BCUT2D eigenvalue weighted by Crippen LogP contribution is -2.47. The molecule has 0 radical (unpaired) electrons. The van der Waals surface area contributed by atoms with Crippen molar-refractivity contribution in [2.75, 3.05) is 13.2 Å². The maximum Gasteiger partial charge on any atom is 0.175 e. The monoisotopic (exact) mass is 326 g/mol. The molecular weight excluding hydrogens is 312 g/mol. The zero-order valence-corrected chi connectivity index (χ0v) is 12.2. The Morgan fingerprint density at radius 1 is 1.47 bits per heavy atom. The second kappa shape index (κ2) is 5.23. The first-order chi connectivity index (χ1) is 9.19. The average molecular weight is 327 g/mol. The zero-order valence-electron chi connectivity index (χ0n) is 10.6. The number of ether oxygens (including phenoxy) is 3. The molecule has 2 aliphatic heterocycles. The molecule has 1 fully saturated rings. The van der Waals surface area contributed by atoms with Crippen molar-refractivity contribution < 1.29 is 19.0 Å². The van der Waals surface area contributed by atoms with Crippen molar-refractivity contribution in [3.8, 4) is 5.75 Å². The second-order valence-corrected chi connectivity index (χ2v) is 5.64. The summed E-state index contributed by atoms with van der Waals surface area (Å²) in [5, 5.41) is 0. The van der Waals surface area contributed by atoms with Gasteiger partial charge in [-0.25, -0.2) is 0 Å². The van der Waals surface area contributed by atoms with Crippen LogP contribution in [0.25, 0.3) is 0 Å². The first-order valence-electron chi connectivity index (χ1n) is 6.42. The van der Waals surface area contributed by atoms with Crippen molar-refractivity contribution in [3.05, 3.63) is 28.2 Å². The van der Waals surface area contributed by atoms with Crippen molar-refractivity contribution in [2.24, 2.45) is 5.92 Å². The van der Waals surface area contributed by atoms with E-state index in [1.807, 2.05) is 25.1 Å². The molecule has 0 saturated carbocycles. The number of halogens is 1. The molecule has 3 atom stereocenters. The van der Waals surface area contributed by atoms with Crippen LogP contribution in [-0.2, 0) is 9.47 Å². The molecule has 2 aliphatic rings. The fourth-order valence-electron chi connectivity index (χ4n) is 2.58. The van der Waals surface area contributed by atoms with E-state index in [4.69, 9.17) is 14.2 Å². The quantitative estimate of drug-likeness (QED) is 0.838. The van der Waals surface area contributed by atoms with Gasteiger partial charge >= 0.3 is 0 Å². The van der Waals surface area contributed by atoms with E-state index in [2.05, 4.69) is 15.9 Å². The molecule has 1 aromatic carbocycles. The Hall–Kier alpha value is -0.910. The Morgan fingerprint density at radius 2 is 2.32 bits per heavy atom. The number of ketones is 1. The smallest absolute Gasteiger partial charge is 0.175 e.